The molecular formula is C21H31N3O4S. The van der Waals surface area contributed by atoms with E-state index in [1.807, 2.05) is 36.6 Å². The molecule has 3 N–H and O–H groups in total. The third kappa shape index (κ3) is 6.27. The highest BCUT2D eigenvalue weighted by atomic mass is 32.1. The number of nitrogens with one attached hydrogen (secondary N) is 2. The Morgan fingerprint density at radius 3 is 2.34 bits per heavy atom. The molecule has 1 aromatic heterocycles. The average molecular weight is 422 g/mol. The quantitative estimate of drug-likeness (QED) is 0.404. The Kier molecular flexibility index (Phi) is 8.60. The zero-order chi connectivity index (χ0) is 21.3. The standard InChI is InChI=1S/C21H31N3O4S/c1-6-22-20(24-14-21(2,25)19-8-7-11-29-19)23-10-9-16-17(27-4)12-15(26-3)13-18(16)28-5/h7-8,11-13,25H,6,9-10,14H2,1-5H3,(H2,22,23,24). The largest absolute Gasteiger partial charge is 0.496 e. The molecule has 7 nitrogen and oxygen atoms in total. The molecule has 1 atom stereocenters. The number of ether oxygens (including phenoxy) is 3. The van der Waals surface area contributed by atoms with Crippen molar-refractivity contribution in [1.29, 1.82) is 0 Å². The summed E-state index contributed by atoms with van der Waals surface area (Å²) in [6.45, 7) is 5.38. The van der Waals surface area contributed by atoms with Crippen molar-refractivity contribution < 1.29 is 19.3 Å². The van der Waals surface area contributed by atoms with Crippen molar-refractivity contribution in [3.05, 3.63) is 40.1 Å². The van der Waals surface area contributed by atoms with E-state index in [1.165, 1.54) is 11.3 Å². The molecule has 29 heavy (non-hydrogen) atoms. The summed E-state index contributed by atoms with van der Waals surface area (Å²) in [6.07, 6.45) is 0.669. The molecule has 8 heteroatoms. The highest BCUT2D eigenvalue weighted by Gasteiger charge is 2.24. The van der Waals surface area contributed by atoms with Gasteiger partial charge in [0.1, 0.15) is 22.8 Å². The van der Waals surface area contributed by atoms with E-state index in [-0.39, 0.29) is 6.54 Å². The number of benzene rings is 1. The first-order valence-corrected chi connectivity index (χ1v) is 10.4. The van der Waals surface area contributed by atoms with Gasteiger partial charge in [-0.15, -0.1) is 11.3 Å². The summed E-state index contributed by atoms with van der Waals surface area (Å²) in [4.78, 5) is 5.45. The summed E-state index contributed by atoms with van der Waals surface area (Å²) in [6, 6.07) is 7.53. The Bertz CT molecular complexity index is 766. The average Bonchev–Trinajstić information content (AvgIpc) is 3.27. The Labute approximate surface area is 176 Å². The molecule has 0 radical (unpaired) electrons. The molecule has 2 rings (SSSR count). The van der Waals surface area contributed by atoms with Crippen molar-refractivity contribution >= 4 is 17.3 Å². The van der Waals surface area contributed by atoms with Gasteiger partial charge >= 0.3 is 0 Å². The third-order valence-electron chi connectivity index (χ3n) is 4.43. The maximum absolute atomic E-state index is 10.7. The van der Waals surface area contributed by atoms with Gasteiger partial charge in [-0.05, 0) is 31.7 Å². The molecule has 0 spiro atoms. The van der Waals surface area contributed by atoms with E-state index >= 15 is 0 Å². The monoisotopic (exact) mass is 421 g/mol. The van der Waals surface area contributed by atoms with E-state index in [1.54, 1.807) is 28.3 Å². The van der Waals surface area contributed by atoms with Crippen LogP contribution >= 0.6 is 11.3 Å². The van der Waals surface area contributed by atoms with E-state index in [0.717, 1.165) is 17.0 Å². The molecule has 0 amide bonds. The van der Waals surface area contributed by atoms with Crippen LogP contribution in [0.3, 0.4) is 0 Å². The van der Waals surface area contributed by atoms with Gasteiger partial charge in [-0.25, -0.2) is 4.99 Å². The lowest BCUT2D eigenvalue weighted by Crippen LogP contribution is -2.39. The summed E-state index contributed by atoms with van der Waals surface area (Å²) in [5.74, 6) is 2.76. The Balaban J connectivity index is 2.06. The van der Waals surface area contributed by atoms with Crippen molar-refractivity contribution in [1.82, 2.24) is 10.6 Å². The van der Waals surface area contributed by atoms with Crippen LogP contribution in [0.5, 0.6) is 17.2 Å². The SMILES string of the molecule is CCNC(=NCC(C)(O)c1cccs1)NCCc1c(OC)cc(OC)cc1OC. The van der Waals surface area contributed by atoms with E-state index in [2.05, 4.69) is 15.6 Å². The maximum Gasteiger partial charge on any atom is 0.191 e. The smallest absolute Gasteiger partial charge is 0.191 e. The van der Waals surface area contributed by atoms with Crippen LogP contribution in [0.1, 0.15) is 24.3 Å². The molecule has 0 aliphatic heterocycles. The molecule has 160 valence electrons. The molecule has 1 unspecified atom stereocenters. The minimum Gasteiger partial charge on any atom is -0.496 e. The summed E-state index contributed by atoms with van der Waals surface area (Å²) in [5, 5.41) is 19.2. The second-order valence-electron chi connectivity index (χ2n) is 6.63. The Hall–Kier alpha value is -2.45. The number of guanidine groups is 1. The van der Waals surface area contributed by atoms with Crippen LogP contribution in [0, 0.1) is 0 Å². The Morgan fingerprint density at radius 2 is 1.83 bits per heavy atom. The lowest BCUT2D eigenvalue weighted by atomic mass is 10.1. The maximum atomic E-state index is 10.7. The van der Waals surface area contributed by atoms with E-state index in [4.69, 9.17) is 14.2 Å². The number of aliphatic hydroxyl groups is 1. The lowest BCUT2D eigenvalue weighted by Gasteiger charge is -2.21. The van der Waals surface area contributed by atoms with Crippen LogP contribution in [0.2, 0.25) is 0 Å². The van der Waals surface area contributed by atoms with Gasteiger partial charge in [-0.1, -0.05) is 6.07 Å². The van der Waals surface area contributed by atoms with Crippen molar-refractivity contribution in [2.45, 2.75) is 25.9 Å². The zero-order valence-corrected chi connectivity index (χ0v) is 18.6. The summed E-state index contributed by atoms with van der Waals surface area (Å²) in [5.41, 5.74) is -0.0522. The van der Waals surface area contributed by atoms with Gasteiger partial charge in [0.2, 0.25) is 0 Å². The molecule has 1 aromatic carbocycles. The second kappa shape index (κ2) is 10.9. The van der Waals surface area contributed by atoms with Crippen LogP contribution in [0.25, 0.3) is 0 Å². The summed E-state index contributed by atoms with van der Waals surface area (Å²) >= 11 is 1.52. The van der Waals surface area contributed by atoms with Crippen LogP contribution < -0.4 is 24.8 Å². The zero-order valence-electron chi connectivity index (χ0n) is 17.7. The number of thiophene rings is 1. The van der Waals surface area contributed by atoms with E-state index in [0.29, 0.717) is 36.2 Å². The first kappa shape index (κ1) is 22.8. The number of methoxy groups -OCH3 is 3. The van der Waals surface area contributed by atoms with Gasteiger partial charge in [0.25, 0.3) is 0 Å². The molecule has 0 fully saturated rings. The van der Waals surface area contributed by atoms with Crippen LogP contribution in [0.15, 0.2) is 34.6 Å². The summed E-state index contributed by atoms with van der Waals surface area (Å²) in [7, 11) is 4.87. The minimum absolute atomic E-state index is 0.262. The second-order valence-corrected chi connectivity index (χ2v) is 7.58. The molecular weight excluding hydrogens is 390 g/mol. The first-order valence-electron chi connectivity index (χ1n) is 9.52. The molecule has 0 saturated heterocycles. The van der Waals surface area contributed by atoms with Gasteiger partial charge in [-0.2, -0.15) is 0 Å². The predicted octanol–water partition coefficient (Wildman–Crippen LogP) is 2.78. The lowest BCUT2D eigenvalue weighted by molar-refractivity contribution is 0.0711. The van der Waals surface area contributed by atoms with Gasteiger partial charge in [0.15, 0.2) is 5.96 Å². The normalized spacial score (nSPS) is 13.5. The fourth-order valence-corrected chi connectivity index (χ4v) is 3.65. The van der Waals surface area contributed by atoms with Crippen molar-refractivity contribution in [3.63, 3.8) is 0 Å². The fourth-order valence-electron chi connectivity index (χ4n) is 2.87. The van der Waals surface area contributed by atoms with Crippen molar-refractivity contribution in [2.75, 3.05) is 41.0 Å². The summed E-state index contributed by atoms with van der Waals surface area (Å²) < 4.78 is 16.3. The van der Waals surface area contributed by atoms with Gasteiger partial charge in [0, 0.05) is 35.7 Å². The molecule has 0 aliphatic carbocycles. The number of aliphatic imine (C=N–C) groups is 1. The minimum atomic E-state index is -1.00. The van der Waals surface area contributed by atoms with Gasteiger partial charge in [-0.3, -0.25) is 0 Å². The molecule has 0 saturated carbocycles. The molecule has 1 heterocycles. The number of hydrogen-bond acceptors (Lipinski definition) is 6. The van der Waals surface area contributed by atoms with Crippen LogP contribution in [0.4, 0.5) is 0 Å². The van der Waals surface area contributed by atoms with Crippen LogP contribution in [-0.4, -0.2) is 52.0 Å². The number of rotatable bonds is 10. The highest BCUT2D eigenvalue weighted by Crippen LogP contribution is 2.34. The third-order valence-corrected chi connectivity index (χ3v) is 5.55. The van der Waals surface area contributed by atoms with Crippen molar-refractivity contribution in [3.8, 4) is 17.2 Å². The molecule has 0 aliphatic rings. The van der Waals surface area contributed by atoms with Crippen LogP contribution in [-0.2, 0) is 12.0 Å². The van der Waals surface area contributed by atoms with E-state index in [9.17, 15) is 5.11 Å². The van der Waals surface area contributed by atoms with Gasteiger partial charge < -0.3 is 30.0 Å². The molecule has 0 bridgehead atoms. The Morgan fingerprint density at radius 1 is 1.14 bits per heavy atom. The van der Waals surface area contributed by atoms with E-state index < -0.39 is 5.60 Å². The number of nitrogens with zero attached hydrogens (tertiary/aromatic N) is 1. The fraction of sp³-hybridized carbons (Fsp3) is 0.476. The predicted molar refractivity (Wildman–Crippen MR) is 118 cm³/mol. The van der Waals surface area contributed by atoms with Crippen molar-refractivity contribution in [2.24, 2.45) is 4.99 Å². The van der Waals surface area contributed by atoms with Gasteiger partial charge in [0.05, 0.1) is 27.9 Å². The topological polar surface area (TPSA) is 84.3 Å². The highest BCUT2D eigenvalue weighted by molar-refractivity contribution is 7.10. The molecule has 2 aromatic rings. The number of hydrogen-bond donors (Lipinski definition) is 3. The first-order chi connectivity index (χ1) is 13.9.